The van der Waals surface area contributed by atoms with Crippen molar-refractivity contribution < 1.29 is 37.6 Å². The van der Waals surface area contributed by atoms with E-state index in [0.29, 0.717) is 6.42 Å². The van der Waals surface area contributed by atoms with Crippen molar-refractivity contribution in [2.24, 2.45) is 5.73 Å². The van der Waals surface area contributed by atoms with E-state index in [1.54, 1.807) is 0 Å². The first-order valence-electron chi connectivity index (χ1n) is 31.5. The summed E-state index contributed by atoms with van der Waals surface area (Å²) >= 11 is 0. The minimum atomic E-state index is -4.39. The predicted molar refractivity (Wildman–Crippen MR) is 334 cm³/mol. The molecular formula is C68H116NO8P. The lowest BCUT2D eigenvalue weighted by Gasteiger charge is -2.19. The molecule has 446 valence electrons. The first kappa shape index (κ1) is 74.4. The molecule has 0 aliphatic heterocycles. The quantitative estimate of drug-likeness (QED) is 0.0264. The Kier molecular flexibility index (Phi) is 59.7. The number of rotatable bonds is 58. The van der Waals surface area contributed by atoms with Gasteiger partial charge in [-0.15, -0.1) is 0 Å². The minimum Gasteiger partial charge on any atom is -0.462 e. The van der Waals surface area contributed by atoms with Gasteiger partial charge in [0.1, 0.15) is 6.61 Å². The lowest BCUT2D eigenvalue weighted by Crippen LogP contribution is -2.29. The third-order valence-corrected chi connectivity index (χ3v) is 14.1. The normalized spacial score (nSPS) is 13.8. The van der Waals surface area contributed by atoms with Crippen LogP contribution in [0.4, 0.5) is 0 Å². The molecule has 78 heavy (non-hydrogen) atoms. The van der Waals surface area contributed by atoms with Crippen molar-refractivity contribution in [2.45, 2.75) is 270 Å². The van der Waals surface area contributed by atoms with E-state index in [2.05, 4.69) is 135 Å². The van der Waals surface area contributed by atoms with E-state index < -0.39 is 26.5 Å². The van der Waals surface area contributed by atoms with Gasteiger partial charge in [0, 0.05) is 19.4 Å². The van der Waals surface area contributed by atoms with Crippen molar-refractivity contribution in [3.05, 3.63) is 122 Å². The van der Waals surface area contributed by atoms with Crippen LogP contribution in [0.25, 0.3) is 0 Å². The van der Waals surface area contributed by atoms with Crippen molar-refractivity contribution in [1.29, 1.82) is 0 Å². The molecule has 0 fully saturated rings. The van der Waals surface area contributed by atoms with Crippen LogP contribution in [0.2, 0.25) is 0 Å². The molecule has 0 bridgehead atoms. The second-order valence-corrected chi connectivity index (χ2v) is 22.0. The highest BCUT2D eigenvalue weighted by atomic mass is 31.2. The number of esters is 2. The highest BCUT2D eigenvalue weighted by molar-refractivity contribution is 7.47. The van der Waals surface area contributed by atoms with Gasteiger partial charge in [0.15, 0.2) is 6.10 Å². The van der Waals surface area contributed by atoms with Crippen LogP contribution in [0, 0.1) is 0 Å². The molecule has 0 aliphatic rings. The molecule has 0 heterocycles. The van der Waals surface area contributed by atoms with Crippen molar-refractivity contribution in [2.75, 3.05) is 26.4 Å². The maximum absolute atomic E-state index is 12.7. The molecule has 3 N–H and O–H groups in total. The summed E-state index contributed by atoms with van der Waals surface area (Å²) in [4.78, 5) is 35.2. The fourth-order valence-electron chi connectivity index (χ4n) is 8.49. The van der Waals surface area contributed by atoms with E-state index in [4.69, 9.17) is 24.3 Å². The third-order valence-electron chi connectivity index (χ3n) is 13.1. The van der Waals surface area contributed by atoms with Crippen LogP contribution in [-0.2, 0) is 32.7 Å². The molecule has 2 atom stereocenters. The van der Waals surface area contributed by atoms with E-state index in [0.717, 1.165) is 109 Å². The lowest BCUT2D eigenvalue weighted by atomic mass is 10.0. The topological polar surface area (TPSA) is 134 Å². The van der Waals surface area contributed by atoms with Crippen LogP contribution in [0.5, 0.6) is 0 Å². The molecule has 0 spiro atoms. The number of hydrogen-bond acceptors (Lipinski definition) is 8. The lowest BCUT2D eigenvalue weighted by molar-refractivity contribution is -0.161. The Morgan fingerprint density at radius 3 is 1.05 bits per heavy atom. The van der Waals surface area contributed by atoms with Crippen molar-refractivity contribution in [3.63, 3.8) is 0 Å². The molecule has 0 aromatic rings. The molecular weight excluding hydrogens is 990 g/mol. The SMILES string of the molecule is CC/C=C\C/C=C\C/C=C\C/C=C\C/C=C\C/C=C\C/C=C\C/C=C\C/C=C\C/C=C\CCCCCCCCCCCCC(=O)OC(COC(=O)CCCCCCCCCCCCCCCCCC)COP(=O)(O)OCCN. The van der Waals surface area contributed by atoms with Crippen LogP contribution in [0.15, 0.2) is 122 Å². The molecule has 0 saturated heterocycles. The van der Waals surface area contributed by atoms with Gasteiger partial charge in [0.2, 0.25) is 0 Å². The van der Waals surface area contributed by atoms with Gasteiger partial charge < -0.3 is 20.1 Å². The van der Waals surface area contributed by atoms with Gasteiger partial charge in [-0.3, -0.25) is 18.6 Å². The Morgan fingerprint density at radius 2 is 0.705 bits per heavy atom. The summed E-state index contributed by atoms with van der Waals surface area (Å²) in [6.45, 7) is 3.64. The molecule has 10 heteroatoms. The summed E-state index contributed by atoms with van der Waals surface area (Å²) in [5.41, 5.74) is 5.38. The monoisotopic (exact) mass is 1110 g/mol. The van der Waals surface area contributed by atoms with E-state index >= 15 is 0 Å². The molecule has 0 radical (unpaired) electrons. The number of unbranched alkanes of at least 4 members (excludes halogenated alkanes) is 25. The zero-order chi connectivity index (χ0) is 56.6. The average molecular weight is 1110 g/mol. The first-order valence-corrected chi connectivity index (χ1v) is 33.0. The van der Waals surface area contributed by atoms with Gasteiger partial charge in [-0.25, -0.2) is 4.57 Å². The fourth-order valence-corrected chi connectivity index (χ4v) is 9.25. The first-order chi connectivity index (χ1) is 38.3. The Labute approximate surface area is 479 Å². The Morgan fingerprint density at radius 1 is 0.397 bits per heavy atom. The van der Waals surface area contributed by atoms with Gasteiger partial charge in [-0.1, -0.05) is 283 Å². The molecule has 9 nitrogen and oxygen atoms in total. The van der Waals surface area contributed by atoms with Crippen LogP contribution < -0.4 is 5.73 Å². The zero-order valence-corrected chi connectivity index (χ0v) is 50.8. The second-order valence-electron chi connectivity index (χ2n) is 20.6. The molecule has 0 aromatic heterocycles. The summed E-state index contributed by atoms with van der Waals surface area (Å²) in [5, 5.41) is 0. The number of phosphoric ester groups is 1. The summed E-state index contributed by atoms with van der Waals surface area (Å²) < 4.78 is 33.0. The van der Waals surface area contributed by atoms with Crippen molar-refractivity contribution in [3.8, 4) is 0 Å². The van der Waals surface area contributed by atoms with Crippen molar-refractivity contribution in [1.82, 2.24) is 0 Å². The second kappa shape index (κ2) is 62.6. The summed E-state index contributed by atoms with van der Waals surface area (Å²) in [6.07, 6.45) is 87.0. The highest BCUT2D eigenvalue weighted by Gasteiger charge is 2.26. The Bertz CT molecular complexity index is 1690. The summed E-state index contributed by atoms with van der Waals surface area (Å²) in [6, 6.07) is 0. The number of hydrogen-bond donors (Lipinski definition) is 2. The number of ether oxygens (including phenoxy) is 2. The zero-order valence-electron chi connectivity index (χ0n) is 49.9. The number of carbonyl (C=O) groups excluding carboxylic acids is 2. The van der Waals surface area contributed by atoms with Crippen LogP contribution in [0.1, 0.15) is 264 Å². The smallest absolute Gasteiger partial charge is 0.462 e. The van der Waals surface area contributed by atoms with Gasteiger partial charge in [0.05, 0.1) is 13.2 Å². The van der Waals surface area contributed by atoms with E-state index in [1.807, 2.05) is 0 Å². The van der Waals surface area contributed by atoms with E-state index in [-0.39, 0.29) is 38.6 Å². The Hall–Kier alpha value is -3.59. The third kappa shape index (κ3) is 61.6. The number of allylic oxidation sites excluding steroid dienone is 20. The highest BCUT2D eigenvalue weighted by Crippen LogP contribution is 2.43. The standard InChI is InChI=1S/C68H116NO8P/c1-3-5-7-9-11-13-15-17-19-21-22-23-24-25-26-27-28-29-30-31-32-33-34-35-36-37-38-39-40-41-42-43-44-45-47-49-51-53-55-57-59-61-68(71)77-66(65-76-78(72,73)75-63-62-69)64-74-67(70)60-58-56-54-52-50-48-46-20-18-16-14-12-10-8-6-4-2/h5,7,11,13,17,19,22-23,25-26,28-29,31-32,34-35,37-38,40-41,66H,3-4,6,8-10,12,14-16,18,20-21,24,27,30,33,36,39,42-65,69H2,1-2H3,(H,72,73)/b7-5-,13-11-,19-17-,23-22-,26-25-,29-28-,32-31-,35-34-,38-37-,41-40-. The summed E-state index contributed by atoms with van der Waals surface area (Å²) in [5.74, 6) is -0.830. The van der Waals surface area contributed by atoms with Gasteiger partial charge in [-0.05, 0) is 89.9 Å². The average Bonchev–Trinajstić information content (AvgIpc) is 3.43. The van der Waals surface area contributed by atoms with Crippen molar-refractivity contribution >= 4 is 19.8 Å². The van der Waals surface area contributed by atoms with E-state index in [1.165, 1.54) is 122 Å². The van der Waals surface area contributed by atoms with Gasteiger partial charge in [0.25, 0.3) is 0 Å². The largest absolute Gasteiger partial charge is 0.472 e. The maximum Gasteiger partial charge on any atom is 0.472 e. The van der Waals surface area contributed by atoms with Gasteiger partial charge in [-0.2, -0.15) is 0 Å². The van der Waals surface area contributed by atoms with Crippen LogP contribution in [-0.4, -0.2) is 49.3 Å². The number of nitrogens with two attached hydrogens (primary N) is 1. The molecule has 0 aliphatic carbocycles. The van der Waals surface area contributed by atoms with Crippen LogP contribution in [0.3, 0.4) is 0 Å². The maximum atomic E-state index is 12.7. The van der Waals surface area contributed by atoms with E-state index in [9.17, 15) is 19.0 Å². The molecule has 0 aromatic carbocycles. The molecule has 0 saturated carbocycles. The Balaban J connectivity index is 3.94. The number of phosphoric acid groups is 1. The molecule has 2 unspecified atom stereocenters. The molecule has 0 rings (SSSR count). The summed E-state index contributed by atoms with van der Waals surface area (Å²) in [7, 11) is -4.39. The van der Waals surface area contributed by atoms with Gasteiger partial charge >= 0.3 is 19.8 Å². The van der Waals surface area contributed by atoms with Crippen LogP contribution >= 0.6 is 7.82 Å². The molecule has 0 amide bonds. The minimum absolute atomic E-state index is 0.0493. The predicted octanol–water partition coefficient (Wildman–Crippen LogP) is 20.3. The fraction of sp³-hybridized carbons (Fsp3) is 0.676. The number of carbonyl (C=O) groups is 2.